The van der Waals surface area contributed by atoms with Crippen LogP contribution in [0.2, 0.25) is 0 Å². The summed E-state index contributed by atoms with van der Waals surface area (Å²) in [5.41, 5.74) is 6.50. The number of β-lactam (4-membered cyclic amide) rings is 1. The van der Waals surface area contributed by atoms with Crippen LogP contribution in [0, 0.1) is 0 Å². The van der Waals surface area contributed by atoms with Crippen LogP contribution in [0.25, 0.3) is 5.52 Å². The van der Waals surface area contributed by atoms with Gasteiger partial charge >= 0.3 is 11.9 Å². The van der Waals surface area contributed by atoms with Crippen molar-refractivity contribution in [2.45, 2.75) is 18.0 Å². The first-order chi connectivity index (χ1) is 18.2. The number of hydrogen-bond acceptors (Lipinski definition) is 10. The molecule has 0 aromatic carbocycles. The molecule has 2 aliphatic heterocycles. The van der Waals surface area contributed by atoms with Gasteiger partial charge in [0, 0.05) is 22.9 Å². The van der Waals surface area contributed by atoms with E-state index in [1.807, 2.05) is 0 Å². The minimum atomic E-state index is -1.30. The van der Waals surface area contributed by atoms with E-state index in [-0.39, 0.29) is 40.2 Å². The van der Waals surface area contributed by atoms with Crippen molar-refractivity contribution in [2.75, 3.05) is 18.6 Å². The summed E-state index contributed by atoms with van der Waals surface area (Å²) in [7, 11) is 1.26. The van der Waals surface area contributed by atoms with Crippen molar-refractivity contribution >= 4 is 63.2 Å². The van der Waals surface area contributed by atoms with E-state index >= 15 is 0 Å². The lowest BCUT2D eigenvalue weighted by molar-refractivity contribution is -0.688. The number of nitrogens with one attached hydrogen (secondary N) is 1. The third kappa shape index (κ3) is 4.32. The summed E-state index contributed by atoms with van der Waals surface area (Å²) in [6.45, 7) is 0.0556. The monoisotopic (exact) mass is 558 g/mol. The predicted octanol–water partition coefficient (Wildman–Crippen LogP) is -0.247. The first kappa shape index (κ1) is 25.2. The Morgan fingerprint density at radius 1 is 1.32 bits per heavy atom. The molecule has 0 spiro atoms. The van der Waals surface area contributed by atoms with Crippen LogP contribution in [0.15, 0.2) is 52.5 Å². The number of oxime groups is 1. The van der Waals surface area contributed by atoms with Gasteiger partial charge in [0.2, 0.25) is 6.20 Å². The first-order valence-electron chi connectivity index (χ1n) is 11.0. The minimum absolute atomic E-state index is 0.00418. The molecule has 5 N–H and O–H groups in total. The summed E-state index contributed by atoms with van der Waals surface area (Å²) < 4.78 is 3.08. The summed E-state index contributed by atoms with van der Waals surface area (Å²) in [6.07, 6.45) is 4.71. The van der Waals surface area contributed by atoms with Crippen LogP contribution in [0.3, 0.4) is 0 Å². The standard InChI is InChI=1S/C22H19N7O7S2/c1-36-26-14(12-9-38-22(23)24-12)17(30)25-15-18(31)29-16(21(34)35)10(8-37-19(15)29)5-27-6-11-3-2-4-28(11)13(7-27)20(32)33/h2-4,6-7,9,15,19H,5,8H2,1H3,(H4-,23,24,25,30,32,33,34,35)/p+1/b26-14-/t15-,19-/m1/s1. The van der Waals surface area contributed by atoms with E-state index in [0.29, 0.717) is 11.1 Å². The number of nitrogens with zero attached hydrogens (tertiary/aromatic N) is 5. The van der Waals surface area contributed by atoms with Crippen LogP contribution in [0.4, 0.5) is 5.13 Å². The first-order valence-corrected chi connectivity index (χ1v) is 12.9. The Morgan fingerprint density at radius 3 is 2.76 bits per heavy atom. The lowest BCUT2D eigenvalue weighted by atomic mass is 10.0. The molecule has 5 rings (SSSR count). The van der Waals surface area contributed by atoms with E-state index in [1.165, 1.54) is 34.8 Å². The van der Waals surface area contributed by atoms with Crippen molar-refractivity contribution in [3.63, 3.8) is 0 Å². The van der Waals surface area contributed by atoms with Gasteiger partial charge in [-0.15, -0.1) is 23.1 Å². The maximum atomic E-state index is 13.1. The van der Waals surface area contributed by atoms with Gasteiger partial charge in [0.15, 0.2) is 29.3 Å². The molecule has 14 nitrogen and oxygen atoms in total. The number of carboxylic acid groups (broad SMARTS) is 2. The molecule has 2 aliphatic rings. The predicted molar refractivity (Wildman–Crippen MR) is 134 cm³/mol. The molecule has 196 valence electrons. The lowest BCUT2D eigenvalue weighted by Crippen LogP contribution is -2.71. The van der Waals surface area contributed by atoms with E-state index in [2.05, 4.69) is 15.5 Å². The number of amides is 2. The number of aliphatic carboxylic acids is 1. The number of carbonyl (C=O) groups excluding carboxylic acids is 2. The number of aromatic carboxylic acids is 1. The largest absolute Gasteiger partial charge is 0.477 e. The number of hydrogen-bond donors (Lipinski definition) is 4. The summed E-state index contributed by atoms with van der Waals surface area (Å²) in [5.74, 6) is -3.52. The van der Waals surface area contributed by atoms with Gasteiger partial charge in [-0.3, -0.25) is 14.5 Å². The van der Waals surface area contributed by atoms with Crippen molar-refractivity contribution in [2.24, 2.45) is 5.16 Å². The van der Waals surface area contributed by atoms with Gasteiger partial charge in [-0.05, 0) is 12.1 Å². The molecule has 5 heterocycles. The molecule has 1 saturated heterocycles. The van der Waals surface area contributed by atoms with Gasteiger partial charge in [0.05, 0.1) is 0 Å². The van der Waals surface area contributed by atoms with Gasteiger partial charge in [-0.25, -0.2) is 14.6 Å². The SMILES string of the molecule is CO/N=C(\C(=O)N[C@@H]1C(=O)N2C(C(=O)O)=C(C[n+]3cc(C(=O)O)n4cccc4c3)CS[C@H]12)c1csc(N)n1. The highest BCUT2D eigenvalue weighted by Gasteiger charge is 2.54. The zero-order chi connectivity index (χ0) is 27.1. The molecule has 0 aliphatic carbocycles. The number of anilines is 1. The fourth-order valence-corrected chi connectivity index (χ4v) is 6.20. The number of thioether (sulfide) groups is 1. The highest BCUT2D eigenvalue weighted by atomic mass is 32.2. The third-order valence-electron chi connectivity index (χ3n) is 5.92. The van der Waals surface area contributed by atoms with E-state index < -0.39 is 35.2 Å². The number of nitrogens with two attached hydrogens (primary N) is 1. The molecule has 0 saturated carbocycles. The second-order valence-corrected chi connectivity index (χ2v) is 10.2. The Hall–Kier alpha value is -4.44. The maximum absolute atomic E-state index is 13.1. The molecule has 16 heteroatoms. The summed E-state index contributed by atoms with van der Waals surface area (Å²) in [6, 6.07) is 2.44. The van der Waals surface area contributed by atoms with Gasteiger partial charge in [0.1, 0.15) is 35.4 Å². The van der Waals surface area contributed by atoms with Crippen molar-refractivity contribution in [3.8, 4) is 0 Å². The number of thiazole rings is 1. The number of fused-ring (bicyclic) bond motifs is 2. The second-order valence-electron chi connectivity index (χ2n) is 8.24. The molecule has 38 heavy (non-hydrogen) atoms. The zero-order valence-electron chi connectivity index (χ0n) is 19.6. The van der Waals surface area contributed by atoms with Crippen molar-refractivity contribution < 1.29 is 38.8 Å². The molecular formula is C22H20N7O7S2+. The van der Waals surface area contributed by atoms with E-state index in [1.54, 1.807) is 29.1 Å². The van der Waals surface area contributed by atoms with Crippen molar-refractivity contribution in [3.05, 3.63) is 58.8 Å². The van der Waals surface area contributed by atoms with Gasteiger partial charge in [-0.2, -0.15) is 4.57 Å². The molecule has 3 aromatic heterocycles. The molecular weight excluding hydrogens is 538 g/mol. The van der Waals surface area contributed by atoms with Crippen molar-refractivity contribution in [1.29, 1.82) is 0 Å². The number of rotatable bonds is 8. The van der Waals surface area contributed by atoms with E-state index in [0.717, 1.165) is 16.2 Å². The Labute approximate surface area is 222 Å². The quantitative estimate of drug-likeness (QED) is 0.124. The van der Waals surface area contributed by atoms with Crippen LogP contribution in [0.1, 0.15) is 16.2 Å². The van der Waals surface area contributed by atoms with Gasteiger partial charge in [0.25, 0.3) is 11.8 Å². The van der Waals surface area contributed by atoms with E-state index in [9.17, 15) is 29.4 Å². The van der Waals surface area contributed by atoms with Crippen LogP contribution in [-0.4, -0.2) is 78.2 Å². The highest BCUT2D eigenvalue weighted by Crippen LogP contribution is 2.40. The van der Waals surface area contributed by atoms with Crippen LogP contribution >= 0.6 is 23.1 Å². The third-order valence-corrected chi connectivity index (χ3v) is 7.93. The maximum Gasteiger partial charge on any atom is 0.359 e. The van der Waals surface area contributed by atoms with Crippen LogP contribution < -0.4 is 15.6 Å². The molecule has 2 amide bonds. The van der Waals surface area contributed by atoms with Gasteiger partial charge in [-0.1, -0.05) is 5.16 Å². The second kappa shape index (κ2) is 9.79. The molecule has 0 bridgehead atoms. The fourth-order valence-electron chi connectivity index (χ4n) is 4.32. The summed E-state index contributed by atoms with van der Waals surface area (Å²) >= 11 is 2.39. The average Bonchev–Trinajstić information content (AvgIpc) is 3.53. The summed E-state index contributed by atoms with van der Waals surface area (Å²) in [5, 5.41) is 26.9. The highest BCUT2D eigenvalue weighted by molar-refractivity contribution is 8.00. The number of nitrogen functional groups attached to an aromatic ring is 1. The smallest absolute Gasteiger partial charge is 0.359 e. The zero-order valence-corrected chi connectivity index (χ0v) is 21.2. The normalized spacial score (nSPS) is 19.2. The van der Waals surface area contributed by atoms with E-state index in [4.69, 9.17) is 10.6 Å². The molecule has 0 radical (unpaired) electrons. The Balaban J connectivity index is 1.39. The van der Waals surface area contributed by atoms with Crippen LogP contribution in [0.5, 0.6) is 0 Å². The number of carboxylic acids is 2. The molecule has 3 aromatic rings. The Morgan fingerprint density at radius 2 is 2.11 bits per heavy atom. The Kier molecular flexibility index (Phi) is 6.50. The van der Waals surface area contributed by atoms with Crippen LogP contribution in [-0.2, 0) is 25.8 Å². The lowest BCUT2D eigenvalue weighted by Gasteiger charge is -2.49. The molecule has 0 unspecified atom stereocenters. The minimum Gasteiger partial charge on any atom is -0.477 e. The average molecular weight is 559 g/mol. The fraction of sp³-hybridized carbons (Fsp3) is 0.227. The Bertz CT molecular complexity index is 1560. The van der Waals surface area contributed by atoms with Crippen molar-refractivity contribution in [1.82, 2.24) is 19.6 Å². The topological polar surface area (TPSA) is 193 Å². The van der Waals surface area contributed by atoms with Gasteiger partial charge < -0.3 is 30.5 Å². The molecule has 2 atom stereocenters. The summed E-state index contributed by atoms with van der Waals surface area (Å²) in [4.78, 5) is 59.8. The molecule has 1 fully saturated rings. The number of aromatic nitrogens is 3. The number of carbonyl (C=O) groups is 4.